The first-order valence-corrected chi connectivity index (χ1v) is 5.79. The van der Waals surface area contributed by atoms with Crippen LogP contribution in [0, 0.1) is 5.92 Å². The summed E-state index contributed by atoms with van der Waals surface area (Å²) in [7, 11) is 0. The second-order valence-electron chi connectivity index (χ2n) is 3.57. The molecule has 70 valence electrons. The van der Waals surface area contributed by atoms with Crippen LogP contribution < -0.4 is 5.73 Å². The van der Waals surface area contributed by atoms with Crippen LogP contribution in [0.25, 0.3) is 0 Å². The van der Waals surface area contributed by atoms with Crippen molar-refractivity contribution in [2.45, 2.75) is 17.7 Å². The van der Waals surface area contributed by atoms with Crippen LogP contribution in [0.4, 0.5) is 0 Å². The van der Waals surface area contributed by atoms with E-state index >= 15 is 0 Å². The summed E-state index contributed by atoms with van der Waals surface area (Å²) in [5.41, 5.74) is 7.08. The number of hydrogen-bond donors (Lipinski definition) is 1. The molecule has 0 saturated heterocycles. The van der Waals surface area contributed by atoms with Gasteiger partial charge >= 0.3 is 0 Å². The Morgan fingerprint density at radius 1 is 1.38 bits per heavy atom. The molecule has 1 unspecified atom stereocenters. The molecule has 2 rings (SSSR count). The lowest BCUT2D eigenvalue weighted by Crippen LogP contribution is -2.17. The number of thioether (sulfide) groups is 1. The Bertz CT molecular complexity index is 285. The predicted molar refractivity (Wildman–Crippen MR) is 58.0 cm³/mol. The lowest BCUT2D eigenvalue weighted by atomic mass is 9.97. The van der Waals surface area contributed by atoms with E-state index in [0.29, 0.717) is 0 Å². The molecule has 0 spiro atoms. The van der Waals surface area contributed by atoms with Crippen LogP contribution in [0.3, 0.4) is 0 Å². The molecule has 0 fully saturated rings. The fourth-order valence-corrected chi connectivity index (χ4v) is 3.02. The Kier molecular flexibility index (Phi) is 2.91. The summed E-state index contributed by atoms with van der Waals surface area (Å²) in [6, 6.07) is 8.71. The third-order valence-corrected chi connectivity index (χ3v) is 3.88. The van der Waals surface area contributed by atoms with E-state index in [1.165, 1.54) is 29.1 Å². The maximum Gasteiger partial charge on any atom is 0.0104 e. The maximum absolute atomic E-state index is 5.57. The van der Waals surface area contributed by atoms with Gasteiger partial charge in [-0.1, -0.05) is 18.2 Å². The first-order valence-electron chi connectivity index (χ1n) is 4.81. The van der Waals surface area contributed by atoms with E-state index in [4.69, 9.17) is 5.73 Å². The smallest absolute Gasteiger partial charge is 0.0104 e. The third kappa shape index (κ3) is 2.06. The highest BCUT2D eigenvalue weighted by atomic mass is 32.2. The summed E-state index contributed by atoms with van der Waals surface area (Å²) in [6.07, 6.45) is 2.39. The zero-order valence-electron chi connectivity index (χ0n) is 7.70. The predicted octanol–water partition coefficient (Wildman–Crippen LogP) is 2.30. The SMILES string of the molecule is NCCC1CSc2ccccc2C1. The van der Waals surface area contributed by atoms with Crippen molar-refractivity contribution in [1.82, 2.24) is 0 Å². The van der Waals surface area contributed by atoms with Crippen molar-refractivity contribution in [1.29, 1.82) is 0 Å². The molecule has 1 heterocycles. The Morgan fingerprint density at radius 3 is 3.08 bits per heavy atom. The lowest BCUT2D eigenvalue weighted by Gasteiger charge is -2.23. The quantitative estimate of drug-likeness (QED) is 0.780. The zero-order valence-corrected chi connectivity index (χ0v) is 8.52. The molecule has 1 atom stereocenters. The van der Waals surface area contributed by atoms with Crippen molar-refractivity contribution < 1.29 is 0 Å². The second-order valence-corrected chi connectivity index (χ2v) is 4.63. The molecule has 1 nitrogen and oxygen atoms in total. The number of fused-ring (bicyclic) bond motifs is 1. The molecule has 1 aromatic carbocycles. The summed E-state index contributed by atoms with van der Waals surface area (Å²) < 4.78 is 0. The average Bonchev–Trinajstić information content (AvgIpc) is 2.18. The van der Waals surface area contributed by atoms with Gasteiger partial charge in [0.1, 0.15) is 0 Å². The van der Waals surface area contributed by atoms with Crippen LogP contribution in [0.1, 0.15) is 12.0 Å². The van der Waals surface area contributed by atoms with Crippen LogP contribution in [0.2, 0.25) is 0 Å². The Hall–Kier alpha value is -0.470. The molecular formula is C11H15NS. The third-order valence-electron chi connectivity index (χ3n) is 2.53. The maximum atomic E-state index is 5.57. The van der Waals surface area contributed by atoms with Crippen LogP contribution in [-0.4, -0.2) is 12.3 Å². The normalized spacial score (nSPS) is 21.2. The fourth-order valence-electron chi connectivity index (χ4n) is 1.81. The van der Waals surface area contributed by atoms with Gasteiger partial charge in [0.25, 0.3) is 0 Å². The van der Waals surface area contributed by atoms with E-state index in [-0.39, 0.29) is 0 Å². The Balaban J connectivity index is 2.11. The topological polar surface area (TPSA) is 26.0 Å². The van der Waals surface area contributed by atoms with Crippen molar-refractivity contribution in [3.8, 4) is 0 Å². The van der Waals surface area contributed by atoms with Crippen LogP contribution in [-0.2, 0) is 6.42 Å². The summed E-state index contributed by atoms with van der Waals surface area (Å²) in [4.78, 5) is 1.47. The standard InChI is InChI=1S/C11H15NS/c12-6-5-9-7-10-3-1-2-4-11(10)13-8-9/h1-4,9H,5-8,12H2. The summed E-state index contributed by atoms with van der Waals surface area (Å²) in [5.74, 6) is 2.04. The van der Waals surface area contributed by atoms with E-state index in [9.17, 15) is 0 Å². The molecule has 2 heteroatoms. The van der Waals surface area contributed by atoms with Crippen molar-refractivity contribution in [3.05, 3.63) is 29.8 Å². The molecule has 2 N–H and O–H groups in total. The molecule has 1 aromatic rings. The van der Waals surface area contributed by atoms with Gasteiger partial charge in [-0.15, -0.1) is 11.8 Å². The van der Waals surface area contributed by atoms with Gasteiger partial charge in [0.05, 0.1) is 0 Å². The van der Waals surface area contributed by atoms with Gasteiger partial charge in [-0.25, -0.2) is 0 Å². The minimum Gasteiger partial charge on any atom is -0.330 e. The van der Waals surface area contributed by atoms with Gasteiger partial charge in [-0.05, 0) is 36.9 Å². The first kappa shape index (κ1) is 9.10. The molecule has 0 amide bonds. The number of hydrogen-bond acceptors (Lipinski definition) is 2. The monoisotopic (exact) mass is 193 g/mol. The van der Waals surface area contributed by atoms with Gasteiger partial charge < -0.3 is 5.73 Å². The minimum absolute atomic E-state index is 0.796. The van der Waals surface area contributed by atoms with E-state index < -0.39 is 0 Å². The molecule has 0 radical (unpaired) electrons. The van der Waals surface area contributed by atoms with Crippen molar-refractivity contribution in [2.24, 2.45) is 11.7 Å². The minimum atomic E-state index is 0.796. The van der Waals surface area contributed by atoms with Crippen LogP contribution >= 0.6 is 11.8 Å². The lowest BCUT2D eigenvalue weighted by molar-refractivity contribution is 0.537. The summed E-state index contributed by atoms with van der Waals surface area (Å²) in [5, 5.41) is 0. The first-order chi connectivity index (χ1) is 6.40. The molecule has 0 saturated carbocycles. The van der Waals surface area contributed by atoms with Crippen LogP contribution in [0.5, 0.6) is 0 Å². The highest BCUT2D eigenvalue weighted by Gasteiger charge is 2.17. The van der Waals surface area contributed by atoms with Crippen molar-refractivity contribution in [2.75, 3.05) is 12.3 Å². The molecule has 0 aromatic heterocycles. The van der Waals surface area contributed by atoms with E-state index in [1.807, 2.05) is 11.8 Å². The van der Waals surface area contributed by atoms with Gasteiger partial charge in [-0.2, -0.15) is 0 Å². The Morgan fingerprint density at radius 2 is 2.23 bits per heavy atom. The van der Waals surface area contributed by atoms with Gasteiger partial charge in [0, 0.05) is 10.6 Å². The number of nitrogens with two attached hydrogens (primary N) is 1. The van der Waals surface area contributed by atoms with E-state index in [1.54, 1.807) is 0 Å². The molecular weight excluding hydrogens is 178 g/mol. The van der Waals surface area contributed by atoms with Crippen molar-refractivity contribution >= 4 is 11.8 Å². The largest absolute Gasteiger partial charge is 0.330 e. The number of rotatable bonds is 2. The molecule has 1 aliphatic rings. The van der Waals surface area contributed by atoms with Gasteiger partial charge in [0.15, 0.2) is 0 Å². The molecule has 0 bridgehead atoms. The highest BCUT2D eigenvalue weighted by Crippen LogP contribution is 2.33. The van der Waals surface area contributed by atoms with E-state index in [2.05, 4.69) is 24.3 Å². The van der Waals surface area contributed by atoms with Gasteiger partial charge in [-0.3, -0.25) is 0 Å². The highest BCUT2D eigenvalue weighted by molar-refractivity contribution is 7.99. The van der Waals surface area contributed by atoms with Gasteiger partial charge in [0.2, 0.25) is 0 Å². The second kappa shape index (κ2) is 4.16. The van der Waals surface area contributed by atoms with Crippen LogP contribution in [0.15, 0.2) is 29.2 Å². The molecule has 13 heavy (non-hydrogen) atoms. The van der Waals surface area contributed by atoms with Crippen molar-refractivity contribution in [3.63, 3.8) is 0 Å². The number of benzene rings is 1. The van der Waals surface area contributed by atoms with E-state index in [0.717, 1.165) is 12.5 Å². The Labute approximate surface area is 83.7 Å². The molecule has 1 aliphatic heterocycles. The fraction of sp³-hybridized carbons (Fsp3) is 0.455. The zero-order chi connectivity index (χ0) is 9.10. The summed E-state index contributed by atoms with van der Waals surface area (Å²) in [6.45, 7) is 0.827. The summed E-state index contributed by atoms with van der Waals surface area (Å²) >= 11 is 1.98. The molecule has 0 aliphatic carbocycles. The average molecular weight is 193 g/mol.